The number of carbonyl (C=O) groups is 3. The van der Waals surface area contributed by atoms with E-state index in [0.29, 0.717) is 27.3 Å². The molecule has 2 aromatic rings. The Bertz CT molecular complexity index is 1470. The molecule has 4 rings (SSSR count). The number of carbonyl (C=O) groups excluding carboxylic acids is 3. The zero-order chi connectivity index (χ0) is 34.5. The van der Waals surface area contributed by atoms with Crippen molar-refractivity contribution in [1.82, 2.24) is 0 Å². The summed E-state index contributed by atoms with van der Waals surface area (Å²) in [5.74, 6) is -1.09. The normalized spacial score (nSPS) is 16.6. The van der Waals surface area contributed by atoms with Gasteiger partial charge in [-0.15, -0.1) is 0 Å². The molecule has 2 aliphatic rings. The highest BCUT2D eigenvalue weighted by Gasteiger charge is 2.38. The standard InChI is InChI=1S/C37H46Cl4N4O3/c1-2-3-4-5-6-7-8-9-10-11-12-13-14-15-16-17-18-26-21-34(46)44(37(26)48)28-19-20-29(39)32(24-28)42-33-25-35(47)45(43-33)36-30(40)22-27(38)23-31(36)41/h17-20,22-24,26H,2-16,21,25H2,1H3,(H,42,43)/b18-17+. The maximum Gasteiger partial charge on any atom is 0.255 e. The fourth-order valence-electron chi connectivity index (χ4n) is 6.11. The molecule has 0 spiro atoms. The maximum absolute atomic E-state index is 13.3. The van der Waals surface area contributed by atoms with Gasteiger partial charge in [-0.1, -0.05) is 149 Å². The van der Waals surface area contributed by atoms with E-state index in [1.54, 1.807) is 18.2 Å². The van der Waals surface area contributed by atoms with Gasteiger partial charge in [0.2, 0.25) is 11.8 Å². The number of amidine groups is 1. The van der Waals surface area contributed by atoms with Gasteiger partial charge in [0.25, 0.3) is 5.91 Å². The second-order valence-corrected chi connectivity index (χ2v) is 14.3. The molecule has 2 aliphatic heterocycles. The highest BCUT2D eigenvalue weighted by molar-refractivity contribution is 6.43. The van der Waals surface area contributed by atoms with Gasteiger partial charge in [-0.05, 0) is 43.2 Å². The van der Waals surface area contributed by atoms with Crippen LogP contribution in [0.2, 0.25) is 20.1 Å². The number of halogens is 4. The zero-order valence-corrected chi connectivity index (χ0v) is 30.7. The molecule has 2 aromatic carbocycles. The van der Waals surface area contributed by atoms with Crippen LogP contribution in [0.1, 0.15) is 116 Å². The molecule has 0 aliphatic carbocycles. The lowest BCUT2D eigenvalue weighted by Crippen LogP contribution is -2.30. The summed E-state index contributed by atoms with van der Waals surface area (Å²) in [5, 5.41) is 9.55. The Morgan fingerprint density at radius 2 is 1.35 bits per heavy atom. The van der Waals surface area contributed by atoms with Crippen molar-refractivity contribution in [3.05, 3.63) is 62.6 Å². The SMILES string of the molecule is CCCCCCCCCCCCCCCC/C=C/C1CC(=O)N(c2ccc(Cl)c(NC3=NN(c4c(Cl)cc(Cl)cc4Cl)C(=O)C3)c2)C1=O. The summed E-state index contributed by atoms with van der Waals surface area (Å²) < 4.78 is 0. The van der Waals surface area contributed by atoms with E-state index in [2.05, 4.69) is 17.3 Å². The summed E-state index contributed by atoms with van der Waals surface area (Å²) in [6, 6.07) is 7.79. The van der Waals surface area contributed by atoms with Crippen LogP contribution in [0.5, 0.6) is 0 Å². The zero-order valence-electron chi connectivity index (χ0n) is 27.7. The summed E-state index contributed by atoms with van der Waals surface area (Å²) in [4.78, 5) is 40.2. The van der Waals surface area contributed by atoms with Crippen molar-refractivity contribution in [2.24, 2.45) is 11.0 Å². The smallest absolute Gasteiger partial charge is 0.255 e. The lowest BCUT2D eigenvalue weighted by atomic mass is 10.0. The van der Waals surface area contributed by atoms with E-state index in [1.807, 2.05) is 12.2 Å². The molecule has 0 aromatic heterocycles. The molecule has 1 N–H and O–H groups in total. The predicted molar refractivity (Wildman–Crippen MR) is 201 cm³/mol. The topological polar surface area (TPSA) is 82.1 Å². The summed E-state index contributed by atoms with van der Waals surface area (Å²) in [5.41, 5.74) is 1.01. The van der Waals surface area contributed by atoms with Crippen molar-refractivity contribution >= 4 is 87.0 Å². The molecule has 0 saturated carbocycles. The first-order chi connectivity index (χ1) is 23.2. The van der Waals surface area contributed by atoms with Crippen LogP contribution in [0.3, 0.4) is 0 Å². The molecule has 0 radical (unpaired) electrons. The molecule has 1 fully saturated rings. The Kier molecular flexibility index (Phi) is 15.6. The van der Waals surface area contributed by atoms with E-state index in [9.17, 15) is 14.4 Å². The first kappa shape index (κ1) is 38.2. The molecular weight excluding hydrogens is 690 g/mol. The maximum atomic E-state index is 13.3. The third-order valence-electron chi connectivity index (χ3n) is 8.73. The van der Waals surface area contributed by atoms with Crippen LogP contribution in [0.15, 0.2) is 47.6 Å². The van der Waals surface area contributed by atoms with Crippen LogP contribution in [-0.2, 0) is 14.4 Å². The molecular formula is C37H46Cl4N4O3. The van der Waals surface area contributed by atoms with Crippen molar-refractivity contribution in [3.63, 3.8) is 0 Å². The van der Waals surface area contributed by atoms with Gasteiger partial charge in [0.1, 0.15) is 11.5 Å². The second kappa shape index (κ2) is 19.6. The van der Waals surface area contributed by atoms with E-state index in [0.717, 1.165) is 17.9 Å². The number of rotatable bonds is 19. The number of hydrogen-bond donors (Lipinski definition) is 1. The van der Waals surface area contributed by atoms with Crippen LogP contribution in [0.4, 0.5) is 17.1 Å². The average Bonchev–Trinajstić information content (AvgIpc) is 3.54. The van der Waals surface area contributed by atoms with Gasteiger partial charge in [0.05, 0.1) is 38.8 Å². The first-order valence-corrected chi connectivity index (χ1v) is 18.9. The highest BCUT2D eigenvalue weighted by atomic mass is 35.5. The summed E-state index contributed by atoms with van der Waals surface area (Å²) in [7, 11) is 0. The van der Waals surface area contributed by atoms with Crippen molar-refractivity contribution in [3.8, 4) is 0 Å². The number of hydrogen-bond acceptors (Lipinski definition) is 5. The molecule has 260 valence electrons. The summed E-state index contributed by atoms with van der Waals surface area (Å²) >= 11 is 25.1. The van der Waals surface area contributed by atoms with Crippen LogP contribution < -0.4 is 15.2 Å². The van der Waals surface area contributed by atoms with Crippen molar-refractivity contribution in [2.75, 3.05) is 15.2 Å². The Labute approximate surface area is 305 Å². The molecule has 0 bridgehead atoms. The molecule has 2 heterocycles. The van der Waals surface area contributed by atoms with Crippen molar-refractivity contribution in [2.45, 2.75) is 116 Å². The van der Waals surface area contributed by atoms with Crippen molar-refractivity contribution < 1.29 is 14.4 Å². The number of hydrazone groups is 1. The highest BCUT2D eigenvalue weighted by Crippen LogP contribution is 2.39. The van der Waals surface area contributed by atoms with E-state index in [4.69, 9.17) is 46.4 Å². The number of amides is 3. The monoisotopic (exact) mass is 734 g/mol. The largest absolute Gasteiger partial charge is 0.341 e. The fourth-order valence-corrected chi connectivity index (χ4v) is 7.25. The number of nitrogens with zero attached hydrogens (tertiary/aromatic N) is 3. The van der Waals surface area contributed by atoms with Gasteiger partial charge in [0, 0.05) is 11.4 Å². The number of benzene rings is 2. The third-order valence-corrected chi connectivity index (χ3v) is 9.85. The minimum atomic E-state index is -0.490. The van der Waals surface area contributed by atoms with Crippen LogP contribution in [0.25, 0.3) is 0 Å². The second-order valence-electron chi connectivity index (χ2n) is 12.6. The number of allylic oxidation sites excluding steroid dienone is 1. The lowest BCUT2D eigenvalue weighted by molar-refractivity contribution is -0.122. The third kappa shape index (κ3) is 11.0. The fraction of sp³-hybridized carbons (Fsp3) is 0.514. The van der Waals surface area contributed by atoms with Crippen LogP contribution in [-0.4, -0.2) is 23.6 Å². The minimum Gasteiger partial charge on any atom is -0.341 e. The lowest BCUT2D eigenvalue weighted by Gasteiger charge is -2.17. The number of imide groups is 1. The van der Waals surface area contributed by atoms with Gasteiger partial charge in [0.15, 0.2) is 0 Å². The van der Waals surface area contributed by atoms with Crippen LogP contribution in [0, 0.1) is 5.92 Å². The van der Waals surface area contributed by atoms with Gasteiger partial charge in [-0.3, -0.25) is 14.4 Å². The number of anilines is 3. The van der Waals surface area contributed by atoms with Gasteiger partial charge in [-0.2, -0.15) is 10.1 Å². The van der Waals surface area contributed by atoms with E-state index in [1.165, 1.54) is 101 Å². The van der Waals surface area contributed by atoms with Gasteiger partial charge in [-0.25, -0.2) is 4.90 Å². The van der Waals surface area contributed by atoms with E-state index >= 15 is 0 Å². The van der Waals surface area contributed by atoms with Gasteiger partial charge < -0.3 is 5.32 Å². The molecule has 48 heavy (non-hydrogen) atoms. The van der Waals surface area contributed by atoms with Crippen LogP contribution >= 0.6 is 46.4 Å². The Morgan fingerprint density at radius 3 is 1.96 bits per heavy atom. The Morgan fingerprint density at radius 1 is 0.771 bits per heavy atom. The molecule has 1 atom stereocenters. The summed E-state index contributed by atoms with van der Waals surface area (Å²) in [6.45, 7) is 2.26. The van der Waals surface area contributed by atoms with E-state index in [-0.39, 0.29) is 46.3 Å². The van der Waals surface area contributed by atoms with E-state index < -0.39 is 5.92 Å². The Balaban J connectivity index is 1.21. The first-order valence-electron chi connectivity index (χ1n) is 17.3. The van der Waals surface area contributed by atoms with Crippen molar-refractivity contribution in [1.29, 1.82) is 0 Å². The summed E-state index contributed by atoms with van der Waals surface area (Å²) in [6.07, 6.45) is 23.3. The average molecular weight is 737 g/mol. The molecule has 1 saturated heterocycles. The molecule has 3 amide bonds. The minimum absolute atomic E-state index is 0.0659. The quantitative estimate of drug-likeness (QED) is 0.0884. The molecule has 1 unspecified atom stereocenters. The van der Waals surface area contributed by atoms with Gasteiger partial charge >= 0.3 is 0 Å². The molecule has 11 heteroatoms. The Hall–Kier alpha value is -2.58. The number of nitrogens with one attached hydrogen (secondary N) is 1. The predicted octanol–water partition coefficient (Wildman–Crippen LogP) is 11.8. The molecule has 7 nitrogen and oxygen atoms in total. The number of unbranched alkanes of at least 4 members (excludes halogenated alkanes) is 14.